The lowest BCUT2D eigenvalue weighted by atomic mass is 10.1. The van der Waals surface area contributed by atoms with Crippen LogP contribution in [-0.2, 0) is 0 Å². The van der Waals surface area contributed by atoms with Gasteiger partial charge in [-0.25, -0.2) is 9.18 Å². The van der Waals surface area contributed by atoms with Crippen LogP contribution in [0.25, 0.3) is 6.08 Å². The van der Waals surface area contributed by atoms with E-state index >= 15 is 0 Å². The Morgan fingerprint density at radius 2 is 2.29 bits per heavy atom. The highest BCUT2D eigenvalue weighted by atomic mass is 19.1. The maximum Gasteiger partial charge on any atom is 0.338 e. The minimum atomic E-state index is -1.32. The van der Waals surface area contributed by atoms with Gasteiger partial charge in [-0.3, -0.25) is 0 Å². The molecule has 1 N–H and O–H groups in total. The Labute approximate surface area is 79.7 Å². The molecule has 0 saturated carbocycles. The first-order valence-electron chi connectivity index (χ1n) is 3.75. The van der Waals surface area contributed by atoms with Gasteiger partial charge in [0.2, 0.25) is 0 Å². The van der Waals surface area contributed by atoms with Crippen LogP contribution < -0.4 is 0 Å². The highest BCUT2D eigenvalue weighted by molar-refractivity contribution is 5.88. The molecule has 1 aromatic carbocycles. The smallest absolute Gasteiger partial charge is 0.338 e. The van der Waals surface area contributed by atoms with Gasteiger partial charge >= 0.3 is 5.97 Å². The van der Waals surface area contributed by atoms with Crippen molar-refractivity contribution in [2.24, 2.45) is 0 Å². The van der Waals surface area contributed by atoms with Crippen molar-refractivity contribution in [3.05, 3.63) is 41.2 Å². The van der Waals surface area contributed by atoms with Crippen LogP contribution in [0.15, 0.2) is 24.3 Å². The maximum absolute atomic E-state index is 13.3. The summed E-state index contributed by atoms with van der Waals surface area (Å²) in [5, 5.41) is 16.8. The molecule has 4 heteroatoms. The second kappa shape index (κ2) is 4.19. The molecule has 0 amide bonds. The normalized spacial score (nSPS) is 10.0. The second-order valence-electron chi connectivity index (χ2n) is 2.48. The number of carboxylic acids is 1. The van der Waals surface area contributed by atoms with E-state index in [-0.39, 0.29) is 5.56 Å². The molecule has 0 unspecified atom stereocenters. The van der Waals surface area contributed by atoms with Gasteiger partial charge in [0, 0.05) is 11.6 Å². The molecule has 0 aliphatic rings. The van der Waals surface area contributed by atoms with E-state index in [1.807, 2.05) is 0 Å². The molecule has 0 heterocycles. The number of halogens is 1. The van der Waals surface area contributed by atoms with Gasteiger partial charge in [-0.2, -0.15) is 5.26 Å². The van der Waals surface area contributed by atoms with Gasteiger partial charge in [-0.05, 0) is 12.1 Å². The van der Waals surface area contributed by atoms with E-state index in [2.05, 4.69) is 0 Å². The Morgan fingerprint density at radius 1 is 1.57 bits per heavy atom. The number of aromatic carboxylic acids is 1. The number of nitriles is 1. The molecule has 0 saturated heterocycles. The molecule has 1 aromatic rings. The number of carboxylic acid groups (broad SMARTS) is 1. The summed E-state index contributed by atoms with van der Waals surface area (Å²) in [4.78, 5) is 10.5. The van der Waals surface area contributed by atoms with Gasteiger partial charge in [0.1, 0.15) is 5.82 Å². The zero-order valence-corrected chi connectivity index (χ0v) is 7.07. The van der Waals surface area contributed by atoms with Crippen LogP contribution in [0.3, 0.4) is 0 Å². The summed E-state index contributed by atoms with van der Waals surface area (Å²) in [6.07, 6.45) is 2.31. The van der Waals surface area contributed by atoms with Gasteiger partial charge in [-0.1, -0.05) is 12.1 Å². The molecule has 0 aliphatic carbocycles. The highest BCUT2D eigenvalue weighted by Gasteiger charge is 2.11. The average Bonchev–Trinajstić information content (AvgIpc) is 2.16. The topological polar surface area (TPSA) is 61.1 Å². The van der Waals surface area contributed by atoms with Gasteiger partial charge in [0.25, 0.3) is 0 Å². The van der Waals surface area contributed by atoms with E-state index in [1.165, 1.54) is 24.3 Å². The van der Waals surface area contributed by atoms with Crippen molar-refractivity contribution in [3.8, 4) is 6.07 Å². The molecule has 0 aromatic heterocycles. The lowest BCUT2D eigenvalue weighted by Crippen LogP contribution is -2.01. The van der Waals surface area contributed by atoms with Gasteiger partial charge < -0.3 is 5.11 Å². The predicted molar refractivity (Wildman–Crippen MR) is 48.0 cm³/mol. The van der Waals surface area contributed by atoms with Crippen molar-refractivity contribution in [1.29, 1.82) is 5.26 Å². The van der Waals surface area contributed by atoms with E-state index in [9.17, 15) is 9.18 Å². The molecule has 0 atom stereocenters. The summed E-state index contributed by atoms with van der Waals surface area (Å²) < 4.78 is 13.3. The zero-order chi connectivity index (χ0) is 10.6. The lowest BCUT2D eigenvalue weighted by Gasteiger charge is -1.99. The first-order valence-corrected chi connectivity index (χ1v) is 3.75. The summed E-state index contributed by atoms with van der Waals surface area (Å²) in [6.45, 7) is 0. The zero-order valence-electron chi connectivity index (χ0n) is 7.07. The predicted octanol–water partition coefficient (Wildman–Crippen LogP) is 2.06. The van der Waals surface area contributed by atoms with Crippen molar-refractivity contribution in [2.75, 3.05) is 0 Å². The standard InChI is InChI=1S/C10H6FNO2/c11-9-7(4-2-6-12)3-1-5-8(9)10(13)14/h1-5H,(H,13,14). The maximum atomic E-state index is 13.3. The number of carbonyl (C=O) groups is 1. The summed E-state index contributed by atoms with van der Waals surface area (Å²) in [7, 11) is 0. The molecule has 0 aliphatic heterocycles. The Bertz CT molecular complexity index is 432. The van der Waals surface area contributed by atoms with Gasteiger partial charge in [-0.15, -0.1) is 0 Å². The molecule has 0 fully saturated rings. The largest absolute Gasteiger partial charge is 0.478 e. The number of nitrogens with zero attached hydrogens (tertiary/aromatic N) is 1. The fourth-order valence-electron chi connectivity index (χ4n) is 0.971. The van der Waals surface area contributed by atoms with E-state index in [4.69, 9.17) is 10.4 Å². The van der Waals surface area contributed by atoms with Crippen LogP contribution in [-0.4, -0.2) is 11.1 Å². The monoisotopic (exact) mass is 191 g/mol. The van der Waals surface area contributed by atoms with Crippen molar-refractivity contribution < 1.29 is 14.3 Å². The minimum Gasteiger partial charge on any atom is -0.478 e. The molecule has 14 heavy (non-hydrogen) atoms. The third kappa shape index (κ3) is 1.96. The third-order valence-corrected chi connectivity index (χ3v) is 1.60. The SMILES string of the molecule is N#CC=Cc1cccc(C(=O)O)c1F. The number of hydrogen-bond acceptors (Lipinski definition) is 2. The van der Waals surface area contributed by atoms with E-state index in [1.54, 1.807) is 6.07 Å². The number of hydrogen-bond donors (Lipinski definition) is 1. The van der Waals surface area contributed by atoms with Gasteiger partial charge in [0.15, 0.2) is 0 Å². The van der Waals surface area contributed by atoms with Crippen molar-refractivity contribution >= 4 is 12.0 Å². The molecular formula is C10H6FNO2. The number of rotatable bonds is 2. The number of allylic oxidation sites excluding steroid dienone is 1. The Balaban J connectivity index is 3.22. The molecule has 3 nitrogen and oxygen atoms in total. The average molecular weight is 191 g/mol. The second-order valence-corrected chi connectivity index (χ2v) is 2.48. The van der Waals surface area contributed by atoms with Crippen LogP contribution in [0.2, 0.25) is 0 Å². The van der Waals surface area contributed by atoms with E-state index in [0.717, 1.165) is 6.08 Å². The third-order valence-electron chi connectivity index (χ3n) is 1.60. The molecule has 1 rings (SSSR count). The first kappa shape index (κ1) is 9.93. The van der Waals surface area contributed by atoms with Gasteiger partial charge in [0.05, 0.1) is 11.6 Å². The van der Waals surface area contributed by atoms with Crippen molar-refractivity contribution in [1.82, 2.24) is 0 Å². The fraction of sp³-hybridized carbons (Fsp3) is 0. The van der Waals surface area contributed by atoms with Crippen LogP contribution in [0.5, 0.6) is 0 Å². The summed E-state index contributed by atoms with van der Waals surface area (Å²) >= 11 is 0. The molecular weight excluding hydrogens is 185 g/mol. The summed E-state index contributed by atoms with van der Waals surface area (Å²) in [5.41, 5.74) is -0.309. The van der Waals surface area contributed by atoms with E-state index < -0.39 is 17.3 Å². The number of benzene rings is 1. The van der Waals surface area contributed by atoms with Crippen LogP contribution in [0, 0.1) is 17.1 Å². The first-order chi connectivity index (χ1) is 6.66. The summed E-state index contributed by atoms with van der Waals surface area (Å²) in [6, 6.07) is 5.68. The van der Waals surface area contributed by atoms with Crippen LogP contribution in [0.4, 0.5) is 4.39 Å². The minimum absolute atomic E-state index is 0.0893. The summed E-state index contributed by atoms with van der Waals surface area (Å²) in [5.74, 6) is -2.15. The lowest BCUT2D eigenvalue weighted by molar-refractivity contribution is 0.0692. The van der Waals surface area contributed by atoms with Crippen LogP contribution in [0.1, 0.15) is 15.9 Å². The Morgan fingerprint density at radius 3 is 2.86 bits per heavy atom. The highest BCUT2D eigenvalue weighted by Crippen LogP contribution is 2.14. The van der Waals surface area contributed by atoms with Crippen LogP contribution >= 0.6 is 0 Å². The molecule has 0 bridgehead atoms. The molecule has 70 valence electrons. The Hall–Kier alpha value is -2.15. The fourth-order valence-corrected chi connectivity index (χ4v) is 0.971. The Kier molecular flexibility index (Phi) is 2.97. The van der Waals surface area contributed by atoms with Crippen molar-refractivity contribution in [2.45, 2.75) is 0 Å². The van der Waals surface area contributed by atoms with Crippen molar-refractivity contribution in [3.63, 3.8) is 0 Å². The molecule has 0 spiro atoms. The molecule has 0 radical (unpaired) electrons. The van der Waals surface area contributed by atoms with E-state index in [0.29, 0.717) is 0 Å². The quantitative estimate of drug-likeness (QED) is 0.728.